The van der Waals surface area contributed by atoms with Crippen molar-refractivity contribution in [3.63, 3.8) is 0 Å². The van der Waals surface area contributed by atoms with Gasteiger partial charge in [-0.15, -0.1) is 0 Å². The van der Waals surface area contributed by atoms with Gasteiger partial charge in [0.1, 0.15) is 5.75 Å². The smallest absolute Gasteiger partial charge is 0.305 e. The molecule has 9 heteroatoms. The largest absolute Gasteiger partial charge is 0.497 e. The Bertz CT molecular complexity index is 904. The third kappa shape index (κ3) is 9.57. The second-order valence-electron chi connectivity index (χ2n) is 6.85. The third-order valence-corrected chi connectivity index (χ3v) is 4.60. The van der Waals surface area contributed by atoms with E-state index in [0.717, 1.165) is 12.8 Å². The van der Waals surface area contributed by atoms with Crippen molar-refractivity contribution in [1.82, 2.24) is 16.2 Å². The van der Waals surface area contributed by atoms with E-state index in [4.69, 9.17) is 21.7 Å². The average Bonchev–Trinajstić information content (AvgIpc) is 2.81. The molecule has 2 rings (SSSR count). The Labute approximate surface area is 192 Å². The lowest BCUT2D eigenvalue weighted by atomic mass is 10.1. The minimum absolute atomic E-state index is 0.0413. The van der Waals surface area contributed by atoms with Crippen molar-refractivity contribution in [1.29, 1.82) is 0 Å². The van der Waals surface area contributed by atoms with E-state index >= 15 is 0 Å². The highest BCUT2D eigenvalue weighted by molar-refractivity contribution is 7.80. The molecule has 2 aromatic carbocycles. The van der Waals surface area contributed by atoms with Gasteiger partial charge in [-0.2, -0.15) is 0 Å². The number of aryl methyl sites for hydroxylation is 1. The van der Waals surface area contributed by atoms with Crippen LogP contribution in [0, 0.1) is 0 Å². The van der Waals surface area contributed by atoms with Crippen molar-refractivity contribution in [3.8, 4) is 5.75 Å². The van der Waals surface area contributed by atoms with Crippen LogP contribution in [0.25, 0.3) is 0 Å². The molecule has 0 spiro atoms. The van der Waals surface area contributed by atoms with Crippen LogP contribution in [0.4, 0.5) is 0 Å². The van der Waals surface area contributed by atoms with Gasteiger partial charge in [0, 0.05) is 18.4 Å². The van der Waals surface area contributed by atoms with Crippen LogP contribution in [0.15, 0.2) is 54.6 Å². The number of benzene rings is 2. The fourth-order valence-corrected chi connectivity index (χ4v) is 2.89. The topological polar surface area (TPSA) is 106 Å². The molecule has 0 aliphatic heterocycles. The number of methoxy groups -OCH3 is 1. The second-order valence-corrected chi connectivity index (χ2v) is 7.26. The first kappa shape index (κ1) is 24.8. The van der Waals surface area contributed by atoms with Crippen molar-refractivity contribution in [2.45, 2.75) is 32.1 Å². The zero-order valence-corrected chi connectivity index (χ0v) is 18.7. The molecule has 170 valence electrons. The predicted molar refractivity (Wildman–Crippen MR) is 124 cm³/mol. The van der Waals surface area contributed by atoms with Crippen molar-refractivity contribution in [2.24, 2.45) is 0 Å². The summed E-state index contributed by atoms with van der Waals surface area (Å²) in [5.74, 6) is -0.482. The average molecular weight is 458 g/mol. The monoisotopic (exact) mass is 457 g/mol. The second kappa shape index (κ2) is 13.8. The van der Waals surface area contributed by atoms with Crippen LogP contribution >= 0.6 is 12.2 Å². The number of hydrazine groups is 1. The lowest BCUT2D eigenvalue weighted by molar-refractivity contribution is -0.143. The molecule has 3 N–H and O–H groups in total. The van der Waals surface area contributed by atoms with Crippen LogP contribution < -0.4 is 20.9 Å². The first-order chi connectivity index (χ1) is 15.5. The molecular weight excluding hydrogens is 430 g/mol. The fraction of sp³-hybridized carbons (Fsp3) is 0.304. The summed E-state index contributed by atoms with van der Waals surface area (Å²) in [5, 5.41) is 2.40. The molecule has 8 nitrogen and oxygen atoms in total. The van der Waals surface area contributed by atoms with E-state index in [1.165, 1.54) is 12.7 Å². The lowest BCUT2D eigenvalue weighted by Crippen LogP contribution is -2.48. The molecule has 0 fully saturated rings. The molecule has 2 amide bonds. The molecule has 0 saturated heterocycles. The van der Waals surface area contributed by atoms with Gasteiger partial charge in [0.2, 0.25) is 5.91 Å². The van der Waals surface area contributed by atoms with Gasteiger partial charge in [-0.25, -0.2) is 0 Å². The molecule has 32 heavy (non-hydrogen) atoms. The van der Waals surface area contributed by atoms with Crippen molar-refractivity contribution in [2.75, 3.05) is 13.7 Å². The molecule has 0 unspecified atom stereocenters. The van der Waals surface area contributed by atoms with Gasteiger partial charge in [0.15, 0.2) is 5.11 Å². The lowest BCUT2D eigenvalue weighted by Gasteiger charge is -2.11. The van der Waals surface area contributed by atoms with Gasteiger partial charge < -0.3 is 14.8 Å². The molecular formula is C23H27N3O5S. The first-order valence-electron chi connectivity index (χ1n) is 10.2. The maximum atomic E-state index is 12.0. The van der Waals surface area contributed by atoms with Crippen LogP contribution in [0.2, 0.25) is 0 Å². The molecule has 0 radical (unpaired) electrons. The first-order valence-corrected chi connectivity index (χ1v) is 10.6. The number of thiocarbonyl (C=S) groups is 1. The van der Waals surface area contributed by atoms with Gasteiger partial charge in [-0.3, -0.25) is 25.2 Å². The zero-order chi connectivity index (χ0) is 23.2. The quantitative estimate of drug-likeness (QED) is 0.218. The number of amides is 2. The number of ether oxygens (including phenoxy) is 2. The summed E-state index contributed by atoms with van der Waals surface area (Å²) in [6.07, 6.45) is 2.18. The molecule has 0 aromatic heterocycles. The number of carbonyl (C=O) groups is 3. The molecule has 0 atom stereocenters. The molecule has 0 bridgehead atoms. The van der Waals surface area contributed by atoms with Crippen molar-refractivity contribution >= 4 is 35.1 Å². The zero-order valence-electron chi connectivity index (χ0n) is 17.9. The summed E-state index contributed by atoms with van der Waals surface area (Å²) in [6.45, 7) is 0.349. The third-order valence-electron chi connectivity index (χ3n) is 4.40. The van der Waals surface area contributed by atoms with Gasteiger partial charge in [-0.1, -0.05) is 30.3 Å². The van der Waals surface area contributed by atoms with Gasteiger partial charge >= 0.3 is 5.97 Å². The summed E-state index contributed by atoms with van der Waals surface area (Å²) in [7, 11) is 1.54. The highest BCUT2D eigenvalue weighted by Crippen LogP contribution is 2.10. The summed E-state index contributed by atoms with van der Waals surface area (Å²) >= 11 is 4.98. The Morgan fingerprint density at radius 3 is 2.31 bits per heavy atom. The van der Waals surface area contributed by atoms with E-state index in [2.05, 4.69) is 16.2 Å². The van der Waals surface area contributed by atoms with Crippen LogP contribution in [0.3, 0.4) is 0 Å². The number of rotatable bonds is 10. The Hall–Kier alpha value is -3.46. The maximum Gasteiger partial charge on any atom is 0.305 e. The molecule has 0 heterocycles. The SMILES string of the molecule is COc1ccc(C(=O)NNC(=S)NC(=O)CCCC(=O)OCCCc2ccccc2)cc1. The summed E-state index contributed by atoms with van der Waals surface area (Å²) < 4.78 is 10.2. The van der Waals surface area contributed by atoms with E-state index in [9.17, 15) is 14.4 Å². The standard InChI is InChI=1S/C23H27N3O5S/c1-30-19-14-12-18(13-15-19)22(29)25-26-23(32)24-20(27)10-5-11-21(28)31-16-6-9-17-7-3-2-4-8-17/h2-4,7-8,12-15H,5-6,9-11,16H2,1H3,(H,25,29)(H2,24,26,27,32). The Morgan fingerprint density at radius 2 is 1.62 bits per heavy atom. The fourth-order valence-electron chi connectivity index (χ4n) is 2.72. The van der Waals surface area contributed by atoms with Crippen molar-refractivity contribution < 1.29 is 23.9 Å². The van der Waals surface area contributed by atoms with Gasteiger partial charge in [0.25, 0.3) is 5.91 Å². The van der Waals surface area contributed by atoms with Gasteiger partial charge in [-0.05, 0) is 61.3 Å². The summed E-state index contributed by atoms with van der Waals surface area (Å²) in [5.41, 5.74) is 6.46. The normalized spacial score (nSPS) is 10.0. The predicted octanol–water partition coefficient (Wildman–Crippen LogP) is 2.68. The van der Waals surface area contributed by atoms with Gasteiger partial charge in [0.05, 0.1) is 13.7 Å². The number of hydrogen-bond acceptors (Lipinski definition) is 6. The molecule has 2 aromatic rings. The minimum atomic E-state index is -0.417. The minimum Gasteiger partial charge on any atom is -0.497 e. The Balaban J connectivity index is 1.54. The van der Waals surface area contributed by atoms with Crippen LogP contribution in [0.5, 0.6) is 5.75 Å². The highest BCUT2D eigenvalue weighted by atomic mass is 32.1. The van der Waals surface area contributed by atoms with E-state index in [1.54, 1.807) is 24.3 Å². The van der Waals surface area contributed by atoms with Crippen LogP contribution in [-0.2, 0) is 20.7 Å². The number of esters is 1. The summed E-state index contributed by atoms with van der Waals surface area (Å²) in [4.78, 5) is 35.7. The van der Waals surface area contributed by atoms with E-state index in [-0.39, 0.29) is 29.8 Å². The molecule has 0 aliphatic rings. The number of hydrogen-bond donors (Lipinski definition) is 3. The Kier molecular flexibility index (Phi) is 10.7. The van der Waals surface area contributed by atoms with Crippen LogP contribution in [0.1, 0.15) is 41.6 Å². The van der Waals surface area contributed by atoms with E-state index < -0.39 is 5.91 Å². The molecule has 0 aliphatic carbocycles. The van der Waals surface area contributed by atoms with Crippen LogP contribution in [-0.4, -0.2) is 36.6 Å². The molecule has 0 saturated carbocycles. The maximum absolute atomic E-state index is 12.0. The van der Waals surface area contributed by atoms with E-state index in [0.29, 0.717) is 24.3 Å². The summed E-state index contributed by atoms with van der Waals surface area (Å²) in [6, 6.07) is 16.5. The van der Waals surface area contributed by atoms with E-state index in [1.807, 2.05) is 30.3 Å². The number of nitrogens with one attached hydrogen (secondary N) is 3. The van der Waals surface area contributed by atoms with Crippen molar-refractivity contribution in [3.05, 3.63) is 65.7 Å². The Morgan fingerprint density at radius 1 is 0.906 bits per heavy atom. The highest BCUT2D eigenvalue weighted by Gasteiger charge is 2.10. The number of carbonyl (C=O) groups excluding carboxylic acids is 3.